The van der Waals surface area contributed by atoms with E-state index in [0.717, 1.165) is 58.9 Å². The Morgan fingerprint density at radius 1 is 0.687 bits per heavy atom. The maximum Gasteiger partial charge on any atom is 0.416 e. The Kier molecular flexibility index (Phi) is 15.4. The predicted octanol–water partition coefficient (Wildman–Crippen LogP) is 7.29. The molecule has 2 aliphatic heterocycles. The number of aromatic nitrogens is 6. The van der Waals surface area contributed by atoms with Crippen LogP contribution in [0.4, 0.5) is 22.8 Å². The number of ether oxygens (including phenoxy) is 2. The van der Waals surface area contributed by atoms with E-state index in [9.17, 15) is 32.3 Å². The molecule has 4 heterocycles. The van der Waals surface area contributed by atoms with Crippen LogP contribution in [0.3, 0.4) is 0 Å². The third-order valence-electron chi connectivity index (χ3n) is 11.0. The van der Waals surface area contributed by atoms with Gasteiger partial charge in [0.05, 0.1) is 5.56 Å². The largest absolute Gasteiger partial charge is 0.478 e. The first-order chi connectivity index (χ1) is 30.7. The Hall–Kier alpha value is -6.57. The van der Waals surface area contributed by atoms with Crippen LogP contribution in [0.1, 0.15) is 71.2 Å². The zero-order valence-electron chi connectivity index (χ0n) is 38.4. The number of aryl methyl sites for hydroxylation is 3. The van der Waals surface area contributed by atoms with Crippen molar-refractivity contribution in [2.24, 2.45) is 29.4 Å². The molecular weight excluding hydrogens is 874 g/mol. The van der Waals surface area contributed by atoms with Crippen LogP contribution in [0.2, 0.25) is 0 Å². The fraction of sp³-hybridized carbons (Fsp3) is 0.489. The van der Waals surface area contributed by atoms with Gasteiger partial charge < -0.3 is 35.4 Å². The number of carbonyl (C=O) groups is 4. The number of amides is 3. The molecular formula is C47H61F3N10O7. The van der Waals surface area contributed by atoms with Gasteiger partial charge in [-0.1, -0.05) is 24.6 Å². The number of hydrogen-bond acceptors (Lipinski definition) is 11. The van der Waals surface area contributed by atoms with Crippen molar-refractivity contribution in [2.75, 3.05) is 26.2 Å². The van der Waals surface area contributed by atoms with Gasteiger partial charge in [0.15, 0.2) is 11.6 Å². The molecule has 2 aromatic heterocycles. The molecule has 2 saturated carbocycles. The molecule has 0 spiro atoms. The molecule has 4 unspecified atom stereocenters. The molecule has 4 N–H and O–H groups in total. The normalized spacial score (nSPS) is 21.6. The lowest BCUT2D eigenvalue weighted by Crippen LogP contribution is -2.39. The number of piperidine rings is 2. The summed E-state index contributed by atoms with van der Waals surface area (Å²) in [6.07, 6.45) is 2.90. The van der Waals surface area contributed by atoms with Gasteiger partial charge in [-0.25, -0.2) is 33.7 Å². The SMILES string of the molecule is C.CC(C)(C)OC(=O)N1CC2C(N)C2C1.Cc1cc(-c2ncn(/C=C\C(=O)O)n2)cc(C(F)(F)F)c1.Cc1cc(C)cc(-c2ncn(/C=C\C(=O)NC3C4CN(C(=O)OC(C)(C)C)CC43)n2)c1. The van der Waals surface area contributed by atoms with Crippen molar-refractivity contribution in [3.8, 4) is 22.8 Å². The molecule has 4 fully saturated rings. The Morgan fingerprint density at radius 2 is 1.10 bits per heavy atom. The number of nitrogens with zero attached hydrogens (tertiary/aromatic N) is 8. The zero-order chi connectivity index (χ0) is 48.5. The molecule has 4 atom stereocenters. The Balaban J connectivity index is 0.000000202. The minimum Gasteiger partial charge on any atom is -0.478 e. The topological polar surface area (TPSA) is 213 Å². The van der Waals surface area contributed by atoms with E-state index < -0.39 is 28.9 Å². The van der Waals surface area contributed by atoms with Crippen LogP contribution in [0.25, 0.3) is 35.2 Å². The zero-order valence-corrected chi connectivity index (χ0v) is 38.4. The smallest absolute Gasteiger partial charge is 0.416 e. The molecule has 4 aromatic rings. The predicted molar refractivity (Wildman–Crippen MR) is 245 cm³/mol. The molecule has 4 aliphatic rings. The summed E-state index contributed by atoms with van der Waals surface area (Å²) in [5.41, 5.74) is 8.01. The lowest BCUT2D eigenvalue weighted by Gasteiger charge is -2.25. The van der Waals surface area contributed by atoms with E-state index >= 15 is 0 Å². The number of carboxylic acid groups (broad SMARTS) is 1. The molecule has 3 amide bonds. The van der Waals surface area contributed by atoms with Gasteiger partial charge in [0.1, 0.15) is 23.9 Å². The van der Waals surface area contributed by atoms with Crippen molar-refractivity contribution in [2.45, 2.75) is 99.2 Å². The number of carboxylic acids is 1. The van der Waals surface area contributed by atoms with Crippen LogP contribution in [-0.2, 0) is 25.2 Å². The number of carbonyl (C=O) groups excluding carboxylic acids is 3. The summed E-state index contributed by atoms with van der Waals surface area (Å²) in [7, 11) is 0. The van der Waals surface area contributed by atoms with E-state index in [1.165, 1.54) is 23.2 Å². The van der Waals surface area contributed by atoms with Gasteiger partial charge in [0.2, 0.25) is 5.91 Å². The minimum absolute atomic E-state index is 0. The van der Waals surface area contributed by atoms with Crippen LogP contribution in [0.5, 0.6) is 0 Å². The number of aliphatic carboxylic acids is 1. The average Bonchev–Trinajstić information content (AvgIpc) is 3.71. The van der Waals surface area contributed by atoms with Gasteiger partial charge in [-0.3, -0.25) is 4.79 Å². The number of nitrogens with one attached hydrogen (secondary N) is 1. The highest BCUT2D eigenvalue weighted by atomic mass is 19.4. The van der Waals surface area contributed by atoms with Gasteiger partial charge in [-0.15, -0.1) is 10.2 Å². The summed E-state index contributed by atoms with van der Waals surface area (Å²) >= 11 is 0. The van der Waals surface area contributed by atoms with Crippen LogP contribution in [0, 0.1) is 44.4 Å². The van der Waals surface area contributed by atoms with Gasteiger partial charge in [0, 0.05) is 85.8 Å². The van der Waals surface area contributed by atoms with Crippen LogP contribution in [-0.4, -0.2) is 118 Å². The maximum absolute atomic E-state index is 12.8. The van der Waals surface area contributed by atoms with E-state index in [4.69, 9.17) is 20.3 Å². The second-order valence-electron chi connectivity index (χ2n) is 19.1. The first-order valence-corrected chi connectivity index (χ1v) is 21.4. The highest BCUT2D eigenvalue weighted by Gasteiger charge is 2.58. The monoisotopic (exact) mass is 934 g/mol. The summed E-state index contributed by atoms with van der Waals surface area (Å²) in [6, 6.07) is 10.1. The van der Waals surface area contributed by atoms with Crippen molar-refractivity contribution in [3.05, 3.63) is 83.5 Å². The maximum atomic E-state index is 12.8. The number of halogens is 3. The molecule has 0 bridgehead atoms. The first-order valence-electron chi connectivity index (χ1n) is 21.4. The molecule has 2 aliphatic carbocycles. The summed E-state index contributed by atoms with van der Waals surface area (Å²) in [6.45, 7) is 19.6. The third kappa shape index (κ3) is 14.2. The second-order valence-corrected chi connectivity index (χ2v) is 19.1. The van der Waals surface area contributed by atoms with E-state index in [1.54, 1.807) is 29.3 Å². The number of hydrogen-bond donors (Lipinski definition) is 3. The van der Waals surface area contributed by atoms with Gasteiger partial charge in [-0.05, 0) is 110 Å². The van der Waals surface area contributed by atoms with Crippen molar-refractivity contribution in [1.82, 2.24) is 44.6 Å². The highest BCUT2D eigenvalue weighted by molar-refractivity contribution is 5.90. The number of alkyl halides is 3. The van der Waals surface area contributed by atoms with Gasteiger partial charge >= 0.3 is 24.3 Å². The van der Waals surface area contributed by atoms with Crippen molar-refractivity contribution in [3.63, 3.8) is 0 Å². The molecule has 2 saturated heterocycles. The molecule has 362 valence electrons. The summed E-state index contributed by atoms with van der Waals surface area (Å²) in [4.78, 5) is 58.1. The minimum atomic E-state index is -4.45. The van der Waals surface area contributed by atoms with Gasteiger partial charge in [-0.2, -0.15) is 13.2 Å². The second kappa shape index (κ2) is 20.1. The quantitative estimate of drug-likeness (QED) is 0.156. The van der Waals surface area contributed by atoms with Crippen LogP contribution < -0.4 is 11.1 Å². The molecule has 67 heavy (non-hydrogen) atoms. The van der Waals surface area contributed by atoms with Crippen molar-refractivity contribution >= 4 is 36.5 Å². The highest BCUT2D eigenvalue weighted by Crippen LogP contribution is 2.46. The molecule has 17 nitrogen and oxygen atoms in total. The fourth-order valence-electron chi connectivity index (χ4n) is 7.90. The lowest BCUT2D eigenvalue weighted by molar-refractivity contribution is -0.137. The number of benzene rings is 2. The average molecular weight is 935 g/mol. The number of rotatable bonds is 7. The van der Waals surface area contributed by atoms with Crippen LogP contribution >= 0.6 is 0 Å². The molecule has 0 radical (unpaired) electrons. The molecule has 20 heteroatoms. The fourth-order valence-corrected chi connectivity index (χ4v) is 7.90. The van der Waals surface area contributed by atoms with Gasteiger partial charge in [0.25, 0.3) is 0 Å². The summed E-state index contributed by atoms with van der Waals surface area (Å²) < 4.78 is 51.6. The Bertz CT molecular complexity index is 2460. The van der Waals surface area contributed by atoms with E-state index in [1.807, 2.05) is 67.5 Å². The van der Waals surface area contributed by atoms with E-state index in [-0.39, 0.29) is 43.0 Å². The first kappa shape index (κ1) is 51.4. The van der Waals surface area contributed by atoms with Crippen molar-refractivity contribution in [1.29, 1.82) is 0 Å². The van der Waals surface area contributed by atoms with Crippen molar-refractivity contribution < 1.29 is 46.9 Å². The number of nitrogens with two attached hydrogens (primary N) is 1. The summed E-state index contributed by atoms with van der Waals surface area (Å²) in [5, 5.41) is 19.8. The van der Waals surface area contributed by atoms with E-state index in [0.29, 0.717) is 54.2 Å². The number of fused-ring (bicyclic) bond motifs is 2. The molecule has 8 rings (SSSR count). The Labute approximate surface area is 388 Å². The third-order valence-corrected chi connectivity index (χ3v) is 11.0. The molecule has 2 aromatic carbocycles. The van der Waals surface area contributed by atoms with E-state index in [2.05, 4.69) is 31.5 Å². The number of likely N-dealkylation sites (tertiary alicyclic amines) is 2. The summed E-state index contributed by atoms with van der Waals surface area (Å²) in [5.74, 6) is 1.02. The Morgan fingerprint density at radius 3 is 1.54 bits per heavy atom. The standard InChI is InChI=1S/C23H29N5O3.C13H10F3N3O2.C10H18N2O2.CH4/c1-14-8-15(2)10-16(9-14)21-24-13-28(26-21)7-6-19(29)25-20-17-11-27(12-18(17)20)22(30)31-23(3,4)5;1-8-4-9(6-10(5-8)13(14,15)16)12-17-7-19(18-12)3-2-11(20)21;1-10(2,3)14-9(13)12-4-6-7(5-12)8(6)11;/h6-10,13,17-18,20H,11-12H2,1-5H3,(H,25,29);2-7H,1H3,(H,20,21);6-8H,4-5,11H2,1-3H3;1H4/b7-6-;3-2-;;. The van der Waals surface area contributed by atoms with Crippen LogP contribution in [0.15, 0.2) is 61.2 Å². The lowest BCUT2D eigenvalue weighted by atomic mass is 10.1.